The van der Waals surface area contributed by atoms with Gasteiger partial charge in [0, 0.05) is 0 Å². The third-order valence-electron chi connectivity index (χ3n) is 3.60. The molecular weight excluding hydrogens is 302 g/mol. The molecule has 0 aliphatic heterocycles. The Kier molecular flexibility index (Phi) is 10.7. The van der Waals surface area contributed by atoms with E-state index in [9.17, 15) is 22.6 Å². The Balaban J connectivity index is 4.78. The van der Waals surface area contributed by atoms with Crippen LogP contribution in [0.1, 0.15) is 58.3 Å². The van der Waals surface area contributed by atoms with Crippen LogP contribution in [0.3, 0.4) is 0 Å². The van der Waals surface area contributed by atoms with Crippen LogP contribution in [0.2, 0.25) is 0 Å². The van der Waals surface area contributed by atoms with E-state index in [0.29, 0.717) is 6.42 Å². The van der Waals surface area contributed by atoms with Gasteiger partial charge in [0.25, 0.3) is 0 Å². The zero-order valence-electron chi connectivity index (χ0n) is 12.6. The average molecular weight is 322 g/mol. The average Bonchev–Trinajstić information content (AvgIpc) is 2.29. The molecule has 0 heterocycles. The van der Waals surface area contributed by atoms with Gasteiger partial charge in [-0.1, -0.05) is 0 Å². The van der Waals surface area contributed by atoms with E-state index in [4.69, 9.17) is 0 Å². The van der Waals surface area contributed by atoms with Crippen LogP contribution in [-0.2, 0) is 19.7 Å². The second-order valence-electron chi connectivity index (χ2n) is 5.42. The molecule has 0 aromatic rings. The van der Waals surface area contributed by atoms with Gasteiger partial charge in [-0.15, -0.1) is 0 Å². The summed E-state index contributed by atoms with van der Waals surface area (Å²) in [7, 11) is -4.53. The van der Waals surface area contributed by atoms with Crippen LogP contribution >= 0.6 is 0 Å². The maximum atomic E-state index is 11.8. The van der Waals surface area contributed by atoms with Crippen molar-refractivity contribution in [3.63, 3.8) is 0 Å². The van der Waals surface area contributed by atoms with Crippen molar-refractivity contribution in [2.45, 2.75) is 63.0 Å². The predicted octanol–water partition coefficient (Wildman–Crippen LogP) is 1.14. The maximum absolute atomic E-state index is 11.8. The first-order chi connectivity index (χ1) is 9.17. The molecule has 0 aliphatic carbocycles. The molecule has 1 unspecified atom stereocenters. The first kappa shape index (κ1) is 21.2. The van der Waals surface area contributed by atoms with Crippen LogP contribution in [0.15, 0.2) is 0 Å². The number of carbonyl (C=O) groups is 2. The second-order valence-corrected chi connectivity index (χ2v) is 9.18. The molecular formula is C12H20Na2O5S. The van der Waals surface area contributed by atoms with Gasteiger partial charge < -0.3 is 0 Å². The van der Waals surface area contributed by atoms with Crippen molar-refractivity contribution in [2.24, 2.45) is 0 Å². The van der Waals surface area contributed by atoms with Crippen molar-refractivity contribution < 1.29 is 22.6 Å². The van der Waals surface area contributed by atoms with Gasteiger partial charge in [-0.05, 0) is 0 Å². The molecule has 8 heteroatoms. The summed E-state index contributed by atoms with van der Waals surface area (Å²) in [4.78, 5) is 23.1. The SMILES string of the molecule is CCCCCCCCC(C[C](=O)[Na])([C](=O)[Na])S(=O)(=O)O. The molecule has 0 aliphatic rings. The van der Waals surface area contributed by atoms with Crippen molar-refractivity contribution in [1.82, 2.24) is 0 Å². The molecule has 1 atom stereocenters. The Hall–Kier alpha value is 1.25. The Morgan fingerprint density at radius 2 is 1.55 bits per heavy atom. The summed E-state index contributed by atoms with van der Waals surface area (Å²) in [6, 6.07) is 0. The standard InChI is InChI=1S/C12H20O5S.2Na/c1-2-3-4-5-6-7-8-12(11-14,9-10-13)18(15,16)17;;/h2-9H2,1H3,(H,15,16,17);;. The molecule has 0 aromatic carbocycles. The van der Waals surface area contributed by atoms with Crippen LogP contribution in [0.4, 0.5) is 0 Å². The molecule has 0 aromatic heterocycles. The van der Waals surface area contributed by atoms with Crippen molar-refractivity contribution in [3.05, 3.63) is 0 Å². The van der Waals surface area contributed by atoms with Crippen LogP contribution in [0.25, 0.3) is 0 Å². The molecule has 0 saturated heterocycles. The van der Waals surface area contributed by atoms with E-state index >= 15 is 0 Å². The van der Waals surface area contributed by atoms with Gasteiger partial charge in [-0.25, -0.2) is 0 Å². The summed E-state index contributed by atoms with van der Waals surface area (Å²) in [5.74, 6) is 0. The second kappa shape index (κ2) is 10.1. The normalized spacial score (nSPS) is 14.9. The summed E-state index contributed by atoms with van der Waals surface area (Å²) in [6.45, 7) is 2.11. The van der Waals surface area contributed by atoms with E-state index in [1.54, 1.807) is 0 Å². The van der Waals surface area contributed by atoms with Crippen LogP contribution < -0.4 is 0 Å². The Morgan fingerprint density at radius 3 is 1.95 bits per heavy atom. The van der Waals surface area contributed by atoms with E-state index in [-0.39, 0.29) is 71.7 Å². The molecule has 0 fully saturated rings. The van der Waals surface area contributed by atoms with E-state index in [2.05, 4.69) is 6.92 Å². The number of hydrogen-bond donors (Lipinski definition) is 1. The van der Waals surface area contributed by atoms with E-state index in [1.165, 1.54) is 0 Å². The van der Waals surface area contributed by atoms with Crippen molar-refractivity contribution in [3.8, 4) is 0 Å². The van der Waals surface area contributed by atoms with Gasteiger partial charge in [0.1, 0.15) is 0 Å². The van der Waals surface area contributed by atoms with Gasteiger partial charge in [0.2, 0.25) is 0 Å². The molecule has 106 valence electrons. The Bertz CT molecular complexity index is 435. The molecule has 0 saturated carbocycles. The topological polar surface area (TPSA) is 88.5 Å². The first-order valence-electron chi connectivity index (χ1n) is 7.15. The van der Waals surface area contributed by atoms with Gasteiger partial charge in [0.15, 0.2) is 0 Å². The molecule has 0 radical (unpaired) electrons. The summed E-state index contributed by atoms with van der Waals surface area (Å²) in [5.41, 5.74) is 0. The first-order valence-corrected chi connectivity index (χ1v) is 10.6. The minimum absolute atomic E-state index is 0.0178. The molecule has 20 heavy (non-hydrogen) atoms. The zero-order chi connectivity index (χ0) is 15.8. The Labute approximate surface area is 156 Å². The molecule has 5 nitrogen and oxygen atoms in total. The van der Waals surface area contributed by atoms with Crippen LogP contribution in [-0.4, -0.2) is 79.6 Å². The number of unbranched alkanes of at least 4 members (excludes halogenated alkanes) is 5. The van der Waals surface area contributed by atoms with Gasteiger partial charge in [-0.3, -0.25) is 0 Å². The van der Waals surface area contributed by atoms with E-state index in [0.717, 1.165) is 32.1 Å². The minimum atomic E-state index is -4.53. The Morgan fingerprint density at radius 1 is 1.05 bits per heavy atom. The monoisotopic (exact) mass is 322 g/mol. The fourth-order valence-electron chi connectivity index (χ4n) is 2.38. The van der Waals surface area contributed by atoms with E-state index in [1.807, 2.05) is 0 Å². The zero-order valence-corrected chi connectivity index (χ0v) is 17.5. The van der Waals surface area contributed by atoms with Crippen LogP contribution in [0, 0.1) is 0 Å². The van der Waals surface area contributed by atoms with Gasteiger partial charge >= 0.3 is 158 Å². The molecule has 0 spiro atoms. The molecule has 0 amide bonds. The van der Waals surface area contributed by atoms with E-state index < -0.39 is 17.9 Å². The van der Waals surface area contributed by atoms with Crippen molar-refractivity contribution in [1.29, 1.82) is 0 Å². The summed E-state index contributed by atoms with van der Waals surface area (Å²) < 4.78 is 30.0. The molecule has 0 bridgehead atoms. The number of carbonyl (C=O) groups excluding carboxylic acids is 2. The van der Waals surface area contributed by atoms with Gasteiger partial charge in [0.05, 0.1) is 0 Å². The quantitative estimate of drug-likeness (QED) is 0.350. The fraction of sp³-hybridized carbons (Fsp3) is 0.833. The molecule has 1 N–H and O–H groups in total. The van der Waals surface area contributed by atoms with Gasteiger partial charge in [-0.2, -0.15) is 0 Å². The number of rotatable bonds is 11. The molecule has 0 rings (SSSR count). The third kappa shape index (κ3) is 7.01. The fourth-order valence-corrected chi connectivity index (χ4v) is 5.60. The van der Waals surface area contributed by atoms with Crippen molar-refractivity contribution >= 4 is 72.0 Å². The third-order valence-corrected chi connectivity index (χ3v) is 6.90. The number of hydrogen-bond acceptors (Lipinski definition) is 4. The predicted molar refractivity (Wildman–Crippen MR) is 78.4 cm³/mol. The summed E-state index contributed by atoms with van der Waals surface area (Å²) >= 11 is 0.207. The van der Waals surface area contributed by atoms with Crippen LogP contribution in [0.5, 0.6) is 0 Å². The van der Waals surface area contributed by atoms with Crippen molar-refractivity contribution in [2.75, 3.05) is 0 Å². The summed E-state index contributed by atoms with van der Waals surface area (Å²) in [6.07, 6.45) is 5.42. The summed E-state index contributed by atoms with van der Waals surface area (Å²) in [5, 5.41) is 0.